The van der Waals surface area contributed by atoms with Crippen molar-refractivity contribution in [2.75, 3.05) is 13.1 Å². The molecule has 0 amide bonds. The number of aromatic nitrogens is 4. The third-order valence-corrected chi connectivity index (χ3v) is 3.45. The summed E-state index contributed by atoms with van der Waals surface area (Å²) in [7, 11) is 0. The van der Waals surface area contributed by atoms with Gasteiger partial charge in [0.15, 0.2) is 0 Å². The second-order valence-corrected chi connectivity index (χ2v) is 4.79. The summed E-state index contributed by atoms with van der Waals surface area (Å²) in [5.74, 6) is 0.709. The standard InChI is InChI=1S/C14H17N5/c1(2-13-7-9-15-10-8-13)12-3-5-14(6-4-12)19-11-16-17-18-19/h1-6,11,13,15H,7-10H2. The van der Waals surface area contributed by atoms with Gasteiger partial charge in [0.25, 0.3) is 0 Å². The van der Waals surface area contributed by atoms with Gasteiger partial charge in [-0.3, -0.25) is 0 Å². The van der Waals surface area contributed by atoms with Crippen LogP contribution in [0.15, 0.2) is 30.6 Å². The minimum atomic E-state index is 0.709. The number of hydrogen-bond donors (Lipinski definition) is 1. The van der Waals surface area contributed by atoms with Gasteiger partial charge in [0.1, 0.15) is 6.33 Å². The van der Waals surface area contributed by atoms with Gasteiger partial charge in [-0.25, -0.2) is 4.68 Å². The van der Waals surface area contributed by atoms with E-state index in [0.29, 0.717) is 5.92 Å². The van der Waals surface area contributed by atoms with Crippen molar-refractivity contribution >= 4 is 0 Å². The summed E-state index contributed by atoms with van der Waals surface area (Å²) in [5.41, 5.74) is 2.19. The Hall–Kier alpha value is -1.75. The maximum absolute atomic E-state index is 3.87. The van der Waals surface area contributed by atoms with E-state index in [1.807, 2.05) is 12.1 Å². The first kappa shape index (κ1) is 12.3. The zero-order valence-corrected chi connectivity index (χ0v) is 10.7. The molecule has 2 radical (unpaired) electrons. The molecular formula is C14H17N5. The Morgan fingerprint density at radius 1 is 1.16 bits per heavy atom. The Morgan fingerprint density at radius 3 is 2.63 bits per heavy atom. The zero-order valence-electron chi connectivity index (χ0n) is 10.7. The molecule has 0 atom stereocenters. The highest BCUT2D eigenvalue weighted by atomic mass is 15.5. The quantitative estimate of drug-likeness (QED) is 0.897. The topological polar surface area (TPSA) is 55.6 Å². The largest absolute Gasteiger partial charge is 0.317 e. The summed E-state index contributed by atoms with van der Waals surface area (Å²) >= 11 is 0. The summed E-state index contributed by atoms with van der Waals surface area (Å²) in [6, 6.07) is 8.24. The molecule has 0 unspecified atom stereocenters. The summed E-state index contributed by atoms with van der Waals surface area (Å²) in [5, 5.41) is 14.5. The third kappa shape index (κ3) is 3.17. The van der Waals surface area contributed by atoms with E-state index in [1.165, 1.54) is 18.4 Å². The highest BCUT2D eigenvalue weighted by Gasteiger charge is 2.13. The van der Waals surface area contributed by atoms with E-state index in [1.54, 1.807) is 11.0 Å². The molecule has 1 aliphatic heterocycles. The van der Waals surface area contributed by atoms with E-state index in [0.717, 1.165) is 18.8 Å². The van der Waals surface area contributed by atoms with Crippen molar-refractivity contribution in [3.63, 3.8) is 0 Å². The zero-order chi connectivity index (χ0) is 12.9. The molecular weight excluding hydrogens is 238 g/mol. The van der Waals surface area contributed by atoms with Crippen molar-refractivity contribution in [1.29, 1.82) is 0 Å². The molecule has 3 rings (SSSR count). The SMILES string of the molecule is [CH]([CH]C1CCNCC1)c1ccc(-n2cnnn2)cc1. The van der Waals surface area contributed by atoms with Crippen LogP contribution in [-0.2, 0) is 0 Å². The highest BCUT2D eigenvalue weighted by molar-refractivity contribution is 5.37. The van der Waals surface area contributed by atoms with Crippen LogP contribution in [0.5, 0.6) is 0 Å². The van der Waals surface area contributed by atoms with Gasteiger partial charge in [0.2, 0.25) is 0 Å². The fourth-order valence-electron chi connectivity index (χ4n) is 2.30. The van der Waals surface area contributed by atoms with E-state index < -0.39 is 0 Å². The van der Waals surface area contributed by atoms with Crippen LogP contribution in [0.25, 0.3) is 5.69 Å². The summed E-state index contributed by atoms with van der Waals surface area (Å²) in [6.45, 7) is 2.26. The van der Waals surface area contributed by atoms with Gasteiger partial charge in [-0.05, 0) is 72.8 Å². The van der Waals surface area contributed by atoms with Crippen LogP contribution < -0.4 is 5.32 Å². The number of nitrogens with one attached hydrogen (secondary N) is 1. The lowest BCUT2D eigenvalue weighted by Gasteiger charge is -2.22. The minimum Gasteiger partial charge on any atom is -0.317 e. The number of rotatable bonds is 4. The molecule has 1 aromatic carbocycles. The van der Waals surface area contributed by atoms with Crippen LogP contribution in [0.3, 0.4) is 0 Å². The van der Waals surface area contributed by atoms with Gasteiger partial charge in [-0.15, -0.1) is 5.10 Å². The lowest BCUT2D eigenvalue weighted by atomic mass is 9.91. The van der Waals surface area contributed by atoms with Crippen molar-refractivity contribution in [2.45, 2.75) is 12.8 Å². The van der Waals surface area contributed by atoms with Crippen molar-refractivity contribution in [1.82, 2.24) is 25.5 Å². The van der Waals surface area contributed by atoms with Crippen LogP contribution in [0, 0.1) is 18.8 Å². The molecule has 0 aliphatic carbocycles. The molecule has 1 aromatic heterocycles. The molecule has 0 bridgehead atoms. The predicted octanol–water partition coefficient (Wildman–Crippen LogP) is 1.42. The molecule has 5 heteroatoms. The smallest absolute Gasteiger partial charge is 0.143 e. The van der Waals surface area contributed by atoms with Crippen molar-refractivity contribution in [2.24, 2.45) is 5.92 Å². The first-order valence-corrected chi connectivity index (χ1v) is 6.64. The molecule has 0 spiro atoms. The van der Waals surface area contributed by atoms with Gasteiger partial charge < -0.3 is 5.32 Å². The molecule has 2 aromatic rings. The Kier molecular flexibility index (Phi) is 3.83. The highest BCUT2D eigenvalue weighted by Crippen LogP contribution is 2.19. The van der Waals surface area contributed by atoms with Crippen molar-refractivity contribution in [3.05, 3.63) is 49.0 Å². The van der Waals surface area contributed by atoms with Crippen LogP contribution in [0.2, 0.25) is 0 Å². The second kappa shape index (κ2) is 5.93. The van der Waals surface area contributed by atoms with Gasteiger partial charge in [0.05, 0.1) is 5.69 Å². The molecule has 1 saturated heterocycles. The number of hydrogen-bond acceptors (Lipinski definition) is 4. The molecule has 1 aliphatic rings. The number of tetrazole rings is 1. The minimum absolute atomic E-state index is 0.709. The van der Waals surface area contributed by atoms with E-state index in [4.69, 9.17) is 0 Å². The maximum Gasteiger partial charge on any atom is 0.143 e. The fraction of sp³-hybridized carbons (Fsp3) is 0.357. The van der Waals surface area contributed by atoms with Crippen LogP contribution in [0.1, 0.15) is 18.4 Å². The molecule has 19 heavy (non-hydrogen) atoms. The fourth-order valence-corrected chi connectivity index (χ4v) is 2.30. The molecule has 1 N–H and O–H groups in total. The molecule has 98 valence electrons. The van der Waals surface area contributed by atoms with Crippen LogP contribution >= 0.6 is 0 Å². The lowest BCUT2D eigenvalue weighted by molar-refractivity contribution is 0.419. The molecule has 1 fully saturated rings. The van der Waals surface area contributed by atoms with Gasteiger partial charge in [-0.1, -0.05) is 12.1 Å². The third-order valence-electron chi connectivity index (χ3n) is 3.45. The van der Waals surface area contributed by atoms with Gasteiger partial charge in [0, 0.05) is 0 Å². The normalized spacial score (nSPS) is 16.6. The summed E-state index contributed by atoms with van der Waals surface area (Å²) in [6.07, 6.45) is 8.60. The van der Waals surface area contributed by atoms with Crippen molar-refractivity contribution in [3.8, 4) is 5.69 Å². The molecule has 5 nitrogen and oxygen atoms in total. The van der Waals surface area contributed by atoms with E-state index in [-0.39, 0.29) is 0 Å². The Morgan fingerprint density at radius 2 is 1.95 bits per heavy atom. The average molecular weight is 255 g/mol. The summed E-state index contributed by atoms with van der Waals surface area (Å²) in [4.78, 5) is 0. The second-order valence-electron chi connectivity index (χ2n) is 4.79. The molecule has 0 saturated carbocycles. The lowest BCUT2D eigenvalue weighted by Crippen LogP contribution is -2.27. The van der Waals surface area contributed by atoms with Crippen LogP contribution in [-0.4, -0.2) is 33.3 Å². The Balaban J connectivity index is 1.57. The van der Waals surface area contributed by atoms with Crippen LogP contribution in [0.4, 0.5) is 0 Å². The number of nitrogens with zero attached hydrogens (tertiary/aromatic N) is 4. The Bertz CT molecular complexity index is 485. The number of piperidine rings is 1. The molecule has 2 heterocycles. The predicted molar refractivity (Wildman–Crippen MR) is 72.4 cm³/mol. The summed E-state index contributed by atoms with van der Waals surface area (Å²) < 4.78 is 1.65. The average Bonchev–Trinajstić information content (AvgIpc) is 3.01. The van der Waals surface area contributed by atoms with Gasteiger partial charge in [-0.2, -0.15) is 0 Å². The van der Waals surface area contributed by atoms with E-state index in [2.05, 4.69) is 45.8 Å². The van der Waals surface area contributed by atoms with Crippen molar-refractivity contribution < 1.29 is 0 Å². The first-order chi connectivity index (χ1) is 9.42. The van der Waals surface area contributed by atoms with Gasteiger partial charge >= 0.3 is 0 Å². The van der Waals surface area contributed by atoms with E-state index >= 15 is 0 Å². The first-order valence-electron chi connectivity index (χ1n) is 6.64. The maximum atomic E-state index is 3.87. The van der Waals surface area contributed by atoms with E-state index in [9.17, 15) is 0 Å². The monoisotopic (exact) mass is 255 g/mol. The number of benzene rings is 1. The Labute approximate surface area is 113 Å².